The summed E-state index contributed by atoms with van der Waals surface area (Å²) in [4.78, 5) is 12.2. The number of esters is 1. The fraction of sp³-hybridized carbons (Fsp3) is 0.611. The molecule has 0 saturated heterocycles. The predicted molar refractivity (Wildman–Crippen MR) is 90.8 cm³/mol. The van der Waals surface area contributed by atoms with Gasteiger partial charge in [0.25, 0.3) is 0 Å². The van der Waals surface area contributed by atoms with Gasteiger partial charge in [-0.15, -0.1) is 0 Å². The van der Waals surface area contributed by atoms with Crippen LogP contribution in [-0.2, 0) is 15.1 Å². The summed E-state index contributed by atoms with van der Waals surface area (Å²) in [5.74, 6) is 0.916. The zero-order valence-corrected chi connectivity index (χ0v) is 14.8. The van der Waals surface area contributed by atoms with Crippen LogP contribution in [0.25, 0.3) is 0 Å². The molecule has 0 amide bonds. The van der Waals surface area contributed by atoms with E-state index in [0.29, 0.717) is 17.9 Å². The summed E-state index contributed by atoms with van der Waals surface area (Å²) < 4.78 is 16.2. The molecule has 0 heterocycles. The summed E-state index contributed by atoms with van der Waals surface area (Å²) in [6.07, 6.45) is 3.73. The van der Waals surface area contributed by atoms with E-state index >= 15 is 0 Å². The summed E-state index contributed by atoms with van der Waals surface area (Å²) in [7, 11) is 3.17. The number of ether oxygens (including phenoxy) is 3. The molecule has 0 spiro atoms. The maximum atomic E-state index is 12.2. The third-order valence-electron chi connectivity index (χ3n) is 3.82. The van der Waals surface area contributed by atoms with Crippen molar-refractivity contribution >= 4 is 5.97 Å². The molecular formula is C18H29NO4. The van der Waals surface area contributed by atoms with E-state index in [9.17, 15) is 4.79 Å². The van der Waals surface area contributed by atoms with Crippen LogP contribution in [-0.4, -0.2) is 26.2 Å². The van der Waals surface area contributed by atoms with Gasteiger partial charge < -0.3 is 19.9 Å². The molecule has 0 aromatic heterocycles. The Bertz CT molecular complexity index is 491. The van der Waals surface area contributed by atoms with E-state index in [-0.39, 0.29) is 5.97 Å². The normalized spacial score (nSPS) is 12.6. The first-order chi connectivity index (χ1) is 10.8. The zero-order valence-electron chi connectivity index (χ0n) is 14.8. The predicted octanol–water partition coefficient (Wildman–Crippen LogP) is 3.39. The zero-order chi connectivity index (χ0) is 17.5. The van der Waals surface area contributed by atoms with Crippen molar-refractivity contribution in [3.63, 3.8) is 0 Å². The topological polar surface area (TPSA) is 70.8 Å². The smallest absolute Gasteiger partial charge is 0.323 e. The van der Waals surface area contributed by atoms with Crippen LogP contribution in [0.15, 0.2) is 18.2 Å². The van der Waals surface area contributed by atoms with Crippen molar-refractivity contribution in [2.45, 2.75) is 58.1 Å². The molecule has 0 radical (unpaired) electrons. The van der Waals surface area contributed by atoms with Gasteiger partial charge in [0.1, 0.15) is 23.1 Å². The fourth-order valence-corrected chi connectivity index (χ4v) is 2.27. The van der Waals surface area contributed by atoms with Crippen molar-refractivity contribution in [3.05, 3.63) is 23.8 Å². The van der Waals surface area contributed by atoms with Gasteiger partial charge in [-0.25, -0.2) is 0 Å². The van der Waals surface area contributed by atoms with Crippen molar-refractivity contribution in [1.82, 2.24) is 0 Å². The van der Waals surface area contributed by atoms with E-state index in [1.54, 1.807) is 20.3 Å². The molecule has 0 aliphatic rings. The Labute approximate surface area is 139 Å². The van der Waals surface area contributed by atoms with E-state index < -0.39 is 11.6 Å². The van der Waals surface area contributed by atoms with Gasteiger partial charge in [0.2, 0.25) is 0 Å². The Hall–Kier alpha value is -1.75. The molecule has 2 N–H and O–H groups in total. The minimum atomic E-state index is -0.818. The standard InChI is InChI=1S/C18H29NO4/c1-6-7-8-9-16(19)17(20)23-18(2,3)13-10-14(21-4)12-15(11-13)22-5/h10-12,16H,6-9,19H2,1-5H3. The first kappa shape index (κ1) is 19.3. The number of hydrogen-bond acceptors (Lipinski definition) is 5. The van der Waals surface area contributed by atoms with Crippen molar-refractivity contribution in [1.29, 1.82) is 0 Å². The number of hydrogen-bond donors (Lipinski definition) is 1. The molecule has 23 heavy (non-hydrogen) atoms. The van der Waals surface area contributed by atoms with Crippen LogP contribution >= 0.6 is 0 Å². The van der Waals surface area contributed by atoms with Crippen molar-refractivity contribution < 1.29 is 19.0 Å². The van der Waals surface area contributed by atoms with Crippen LogP contribution in [0, 0.1) is 0 Å². The minimum Gasteiger partial charge on any atom is -0.497 e. The molecule has 0 aliphatic carbocycles. The van der Waals surface area contributed by atoms with Gasteiger partial charge in [0.05, 0.1) is 14.2 Å². The molecule has 1 atom stereocenters. The average molecular weight is 323 g/mol. The second kappa shape index (κ2) is 8.77. The lowest BCUT2D eigenvalue weighted by molar-refractivity contribution is -0.159. The third-order valence-corrected chi connectivity index (χ3v) is 3.82. The van der Waals surface area contributed by atoms with Crippen LogP contribution < -0.4 is 15.2 Å². The van der Waals surface area contributed by atoms with Crippen LogP contribution in [0.2, 0.25) is 0 Å². The number of methoxy groups -OCH3 is 2. The van der Waals surface area contributed by atoms with Gasteiger partial charge in [0, 0.05) is 11.6 Å². The van der Waals surface area contributed by atoms with Gasteiger partial charge in [-0.05, 0) is 32.4 Å². The average Bonchev–Trinajstić information content (AvgIpc) is 2.53. The summed E-state index contributed by atoms with van der Waals surface area (Å²) in [6, 6.07) is 4.85. The van der Waals surface area contributed by atoms with Gasteiger partial charge in [-0.2, -0.15) is 0 Å². The number of carbonyl (C=O) groups excluding carboxylic acids is 1. The lowest BCUT2D eigenvalue weighted by Gasteiger charge is -2.28. The number of carbonyl (C=O) groups is 1. The summed E-state index contributed by atoms with van der Waals surface area (Å²) in [5, 5.41) is 0. The SMILES string of the molecule is CCCCCC(N)C(=O)OC(C)(C)c1cc(OC)cc(OC)c1. The third kappa shape index (κ3) is 5.75. The van der Waals surface area contributed by atoms with Crippen LogP contribution in [0.1, 0.15) is 52.0 Å². The van der Waals surface area contributed by atoms with Crippen LogP contribution in [0.4, 0.5) is 0 Å². The highest BCUT2D eigenvalue weighted by atomic mass is 16.6. The maximum absolute atomic E-state index is 12.2. The van der Waals surface area contributed by atoms with Gasteiger partial charge in [-0.1, -0.05) is 26.2 Å². The summed E-state index contributed by atoms with van der Waals surface area (Å²) >= 11 is 0. The monoisotopic (exact) mass is 323 g/mol. The van der Waals surface area contributed by atoms with Crippen LogP contribution in [0.5, 0.6) is 11.5 Å². The van der Waals surface area contributed by atoms with Crippen LogP contribution in [0.3, 0.4) is 0 Å². The quantitative estimate of drug-likeness (QED) is 0.557. The first-order valence-electron chi connectivity index (χ1n) is 8.06. The molecule has 1 aromatic carbocycles. The minimum absolute atomic E-state index is 0.382. The van der Waals surface area contributed by atoms with Gasteiger partial charge in [-0.3, -0.25) is 4.79 Å². The molecule has 0 bridgehead atoms. The van der Waals surface area contributed by atoms with E-state index in [4.69, 9.17) is 19.9 Å². The summed E-state index contributed by atoms with van der Waals surface area (Å²) in [6.45, 7) is 5.78. The highest BCUT2D eigenvalue weighted by Crippen LogP contribution is 2.32. The molecule has 5 heteroatoms. The number of rotatable bonds is 9. The highest BCUT2D eigenvalue weighted by molar-refractivity contribution is 5.76. The molecule has 5 nitrogen and oxygen atoms in total. The maximum Gasteiger partial charge on any atom is 0.323 e. The Morgan fingerprint density at radius 1 is 1.13 bits per heavy atom. The molecule has 1 aromatic rings. The lowest BCUT2D eigenvalue weighted by Crippen LogP contribution is -2.37. The van der Waals surface area contributed by atoms with Crippen molar-refractivity contribution in [2.24, 2.45) is 5.73 Å². The van der Waals surface area contributed by atoms with Gasteiger partial charge in [0.15, 0.2) is 0 Å². The number of nitrogens with two attached hydrogens (primary N) is 1. The van der Waals surface area contributed by atoms with E-state index in [0.717, 1.165) is 24.8 Å². The molecule has 1 rings (SSSR count). The molecule has 130 valence electrons. The Kier molecular flexibility index (Phi) is 7.36. The number of benzene rings is 1. The molecule has 0 fully saturated rings. The second-order valence-electron chi connectivity index (χ2n) is 6.14. The molecule has 1 unspecified atom stereocenters. The van der Waals surface area contributed by atoms with Gasteiger partial charge >= 0.3 is 5.97 Å². The van der Waals surface area contributed by atoms with E-state index in [2.05, 4.69) is 6.92 Å². The fourth-order valence-electron chi connectivity index (χ4n) is 2.27. The van der Waals surface area contributed by atoms with E-state index in [1.165, 1.54) is 0 Å². The van der Waals surface area contributed by atoms with E-state index in [1.807, 2.05) is 26.0 Å². The van der Waals surface area contributed by atoms with Crippen molar-refractivity contribution in [2.75, 3.05) is 14.2 Å². The Morgan fingerprint density at radius 3 is 2.17 bits per heavy atom. The molecule has 0 aliphatic heterocycles. The largest absolute Gasteiger partial charge is 0.497 e. The Balaban J connectivity index is 2.83. The molecular weight excluding hydrogens is 294 g/mol. The lowest BCUT2D eigenvalue weighted by atomic mass is 9.97. The number of unbranched alkanes of at least 4 members (excludes halogenated alkanes) is 2. The molecule has 0 saturated carbocycles. The Morgan fingerprint density at radius 2 is 1.70 bits per heavy atom. The highest BCUT2D eigenvalue weighted by Gasteiger charge is 2.29. The first-order valence-corrected chi connectivity index (χ1v) is 8.06. The second-order valence-corrected chi connectivity index (χ2v) is 6.14. The van der Waals surface area contributed by atoms with Crippen molar-refractivity contribution in [3.8, 4) is 11.5 Å². The summed E-state index contributed by atoms with van der Waals surface area (Å²) in [5.41, 5.74) is 5.91.